The van der Waals surface area contributed by atoms with Crippen LogP contribution >= 0.6 is 0 Å². The number of carbonyl (C=O) groups is 1. The van der Waals surface area contributed by atoms with Crippen LogP contribution in [0.5, 0.6) is 0 Å². The molecule has 0 atom stereocenters. The van der Waals surface area contributed by atoms with Gasteiger partial charge in [-0.25, -0.2) is 4.98 Å². The van der Waals surface area contributed by atoms with Gasteiger partial charge in [0.1, 0.15) is 5.69 Å². The van der Waals surface area contributed by atoms with Crippen LogP contribution in [0.25, 0.3) is 16.8 Å². The highest BCUT2D eigenvalue weighted by Crippen LogP contribution is 2.23. The molecule has 30 heavy (non-hydrogen) atoms. The van der Waals surface area contributed by atoms with Gasteiger partial charge in [-0.05, 0) is 53.5 Å². The molecule has 0 aliphatic heterocycles. The summed E-state index contributed by atoms with van der Waals surface area (Å²) in [5, 5.41) is 3.01. The first kappa shape index (κ1) is 21.8. The number of unbranched alkanes of at least 4 members (excludes halogenated alkanes) is 1. The van der Waals surface area contributed by atoms with E-state index in [1.165, 1.54) is 24.0 Å². The third-order valence-corrected chi connectivity index (χ3v) is 5.28. The van der Waals surface area contributed by atoms with Crippen molar-refractivity contribution in [3.63, 3.8) is 0 Å². The third kappa shape index (κ3) is 5.82. The maximum Gasteiger partial charge on any atom is 0.269 e. The van der Waals surface area contributed by atoms with Gasteiger partial charge in [0, 0.05) is 12.2 Å². The van der Waals surface area contributed by atoms with Gasteiger partial charge < -0.3 is 5.32 Å². The molecule has 0 bridgehead atoms. The SMILES string of the molecule is CCCCc1ccc(-c2ccc(-n3cncc3C(=O)NCCC(C)(C)C)cc2)cc1. The molecule has 0 unspecified atom stereocenters. The molecule has 1 amide bonds. The summed E-state index contributed by atoms with van der Waals surface area (Å²) < 4.78 is 1.84. The zero-order valence-corrected chi connectivity index (χ0v) is 18.6. The monoisotopic (exact) mass is 403 g/mol. The smallest absolute Gasteiger partial charge is 0.269 e. The number of amides is 1. The van der Waals surface area contributed by atoms with Crippen molar-refractivity contribution < 1.29 is 4.79 Å². The van der Waals surface area contributed by atoms with Crippen LogP contribution in [-0.2, 0) is 6.42 Å². The van der Waals surface area contributed by atoms with E-state index in [1.54, 1.807) is 12.5 Å². The molecule has 1 N–H and O–H groups in total. The Labute approximate surface area is 180 Å². The van der Waals surface area contributed by atoms with Crippen molar-refractivity contribution in [2.24, 2.45) is 5.41 Å². The molecule has 3 aromatic rings. The quantitative estimate of drug-likeness (QED) is 0.498. The normalized spacial score (nSPS) is 11.5. The standard InChI is InChI=1S/C26H33N3O/c1-5-6-7-20-8-10-21(11-9-20)22-12-14-23(15-13-22)29-19-27-18-24(29)25(30)28-17-16-26(2,3)4/h8-15,18-19H,5-7,16-17H2,1-4H3,(H,28,30). The Bertz CT molecular complexity index is 947. The van der Waals surface area contributed by atoms with E-state index in [0.29, 0.717) is 12.2 Å². The number of carbonyl (C=O) groups excluding carboxylic acids is 1. The van der Waals surface area contributed by atoms with Crippen molar-refractivity contribution in [3.8, 4) is 16.8 Å². The van der Waals surface area contributed by atoms with Crippen molar-refractivity contribution >= 4 is 5.91 Å². The summed E-state index contributed by atoms with van der Waals surface area (Å²) in [6, 6.07) is 17.1. The highest BCUT2D eigenvalue weighted by molar-refractivity contribution is 5.93. The number of nitrogens with one attached hydrogen (secondary N) is 1. The van der Waals surface area contributed by atoms with E-state index < -0.39 is 0 Å². The van der Waals surface area contributed by atoms with E-state index >= 15 is 0 Å². The highest BCUT2D eigenvalue weighted by atomic mass is 16.1. The van der Waals surface area contributed by atoms with Gasteiger partial charge in [-0.2, -0.15) is 0 Å². The number of hydrogen-bond donors (Lipinski definition) is 1. The third-order valence-electron chi connectivity index (χ3n) is 5.28. The number of aryl methyl sites for hydroxylation is 1. The molecule has 0 fully saturated rings. The second-order valence-corrected chi connectivity index (χ2v) is 9.06. The molecule has 0 saturated heterocycles. The lowest BCUT2D eigenvalue weighted by Crippen LogP contribution is -2.28. The van der Waals surface area contributed by atoms with Gasteiger partial charge in [0.15, 0.2) is 0 Å². The highest BCUT2D eigenvalue weighted by Gasteiger charge is 2.15. The van der Waals surface area contributed by atoms with E-state index in [0.717, 1.165) is 24.1 Å². The summed E-state index contributed by atoms with van der Waals surface area (Å²) >= 11 is 0. The molecule has 158 valence electrons. The summed E-state index contributed by atoms with van der Waals surface area (Å²) in [5.74, 6) is -0.0940. The zero-order chi connectivity index (χ0) is 21.6. The minimum absolute atomic E-state index is 0.0940. The summed E-state index contributed by atoms with van der Waals surface area (Å²) in [5.41, 5.74) is 5.42. The van der Waals surface area contributed by atoms with Crippen molar-refractivity contribution in [2.75, 3.05) is 6.54 Å². The first-order chi connectivity index (χ1) is 14.4. The largest absolute Gasteiger partial charge is 0.351 e. The van der Waals surface area contributed by atoms with E-state index in [1.807, 2.05) is 16.7 Å². The lowest BCUT2D eigenvalue weighted by atomic mass is 9.92. The van der Waals surface area contributed by atoms with Crippen LogP contribution in [0, 0.1) is 5.41 Å². The topological polar surface area (TPSA) is 46.9 Å². The molecule has 4 nitrogen and oxygen atoms in total. The molecule has 0 spiro atoms. The molecule has 0 saturated carbocycles. The molecule has 1 heterocycles. The number of benzene rings is 2. The Morgan fingerprint density at radius 3 is 2.23 bits per heavy atom. The molecule has 0 aliphatic rings. The second-order valence-electron chi connectivity index (χ2n) is 9.06. The number of hydrogen-bond acceptors (Lipinski definition) is 2. The van der Waals surface area contributed by atoms with Gasteiger partial charge >= 0.3 is 0 Å². The van der Waals surface area contributed by atoms with Crippen LogP contribution in [0.2, 0.25) is 0 Å². The maximum atomic E-state index is 12.6. The van der Waals surface area contributed by atoms with Crippen LogP contribution in [0.1, 0.15) is 63.0 Å². The van der Waals surface area contributed by atoms with Crippen molar-refractivity contribution in [2.45, 2.75) is 53.4 Å². The van der Waals surface area contributed by atoms with Crippen molar-refractivity contribution in [1.29, 1.82) is 0 Å². The predicted octanol–water partition coefficient (Wildman–Crippen LogP) is 6.05. The molecule has 0 radical (unpaired) electrons. The van der Waals surface area contributed by atoms with E-state index in [4.69, 9.17) is 0 Å². The first-order valence-corrected chi connectivity index (χ1v) is 10.9. The lowest BCUT2D eigenvalue weighted by molar-refractivity contribution is 0.0942. The first-order valence-electron chi connectivity index (χ1n) is 10.9. The minimum atomic E-state index is -0.0940. The van der Waals surface area contributed by atoms with E-state index in [-0.39, 0.29) is 11.3 Å². The van der Waals surface area contributed by atoms with Crippen molar-refractivity contribution in [3.05, 3.63) is 72.3 Å². The fraction of sp³-hybridized carbons (Fsp3) is 0.385. The summed E-state index contributed by atoms with van der Waals surface area (Å²) in [4.78, 5) is 16.8. The van der Waals surface area contributed by atoms with Crippen molar-refractivity contribution in [1.82, 2.24) is 14.9 Å². The van der Waals surface area contributed by atoms with E-state index in [9.17, 15) is 4.79 Å². The van der Waals surface area contributed by atoms with Gasteiger partial charge in [-0.15, -0.1) is 0 Å². The van der Waals surface area contributed by atoms with Gasteiger partial charge in [0.25, 0.3) is 5.91 Å². The molecule has 3 rings (SSSR count). The number of aromatic nitrogens is 2. The Hall–Kier alpha value is -2.88. The zero-order valence-electron chi connectivity index (χ0n) is 18.6. The Morgan fingerprint density at radius 1 is 1.00 bits per heavy atom. The summed E-state index contributed by atoms with van der Waals surface area (Å²) in [7, 11) is 0. The van der Waals surface area contributed by atoms with E-state index in [2.05, 4.69) is 74.4 Å². The van der Waals surface area contributed by atoms with Crippen LogP contribution in [-0.4, -0.2) is 22.0 Å². The summed E-state index contributed by atoms with van der Waals surface area (Å²) in [6.45, 7) is 9.38. The molecule has 0 aliphatic carbocycles. The maximum absolute atomic E-state index is 12.6. The van der Waals surface area contributed by atoms with Gasteiger partial charge in [0.05, 0.1) is 12.5 Å². The van der Waals surface area contributed by atoms with Gasteiger partial charge in [0.2, 0.25) is 0 Å². The minimum Gasteiger partial charge on any atom is -0.351 e. The average Bonchev–Trinajstić information content (AvgIpc) is 3.22. The van der Waals surface area contributed by atoms with Crippen LogP contribution in [0.15, 0.2) is 61.1 Å². The Morgan fingerprint density at radius 2 is 1.63 bits per heavy atom. The molecular weight excluding hydrogens is 370 g/mol. The fourth-order valence-electron chi connectivity index (χ4n) is 3.37. The predicted molar refractivity (Wildman–Crippen MR) is 124 cm³/mol. The second kappa shape index (κ2) is 9.75. The number of nitrogens with zero attached hydrogens (tertiary/aromatic N) is 2. The summed E-state index contributed by atoms with van der Waals surface area (Å²) in [6.07, 6.45) is 7.82. The fourth-order valence-corrected chi connectivity index (χ4v) is 3.37. The van der Waals surface area contributed by atoms with Gasteiger partial charge in [-0.3, -0.25) is 9.36 Å². The average molecular weight is 404 g/mol. The Kier molecular flexibility index (Phi) is 7.09. The lowest BCUT2D eigenvalue weighted by Gasteiger charge is -2.18. The molecule has 1 aromatic heterocycles. The van der Waals surface area contributed by atoms with Crippen LogP contribution in [0.3, 0.4) is 0 Å². The van der Waals surface area contributed by atoms with Crippen LogP contribution < -0.4 is 5.32 Å². The number of rotatable bonds is 8. The van der Waals surface area contributed by atoms with Gasteiger partial charge in [-0.1, -0.05) is 70.5 Å². The number of imidazole rings is 1. The molecule has 4 heteroatoms. The molecular formula is C26H33N3O. The van der Waals surface area contributed by atoms with Crippen LogP contribution in [0.4, 0.5) is 0 Å². The molecule has 2 aromatic carbocycles. The Balaban J connectivity index is 1.70.